The minimum absolute atomic E-state index is 0.178. The molecular weight excluding hydrogens is 141 g/mol. The van der Waals surface area contributed by atoms with Gasteiger partial charge < -0.3 is 0 Å². The Morgan fingerprint density at radius 3 is 2.11 bits per heavy atom. The summed E-state index contributed by atoms with van der Waals surface area (Å²) in [6, 6.07) is 0. The second-order valence-electron chi connectivity index (χ2n) is 2.04. The predicted molar refractivity (Wildman–Crippen MR) is 37.7 cm³/mol. The summed E-state index contributed by atoms with van der Waals surface area (Å²) < 4.78 is 0. The first-order valence-electron chi connectivity index (χ1n) is 2.44. The molecule has 5 heteroatoms. The van der Waals surface area contributed by atoms with Gasteiger partial charge in [0, 0.05) is 0 Å². The zero-order chi connectivity index (χ0) is 7.57. The molecule has 56 valence electrons. The van der Waals surface area contributed by atoms with Crippen molar-refractivity contribution in [1.82, 2.24) is 5.09 Å². The Kier molecular flexibility index (Phi) is 2.33. The first-order chi connectivity index (χ1) is 3.81. The zero-order valence-corrected chi connectivity index (χ0v) is 6.17. The van der Waals surface area contributed by atoms with Gasteiger partial charge in [-0.05, 0) is 0 Å². The third kappa shape index (κ3) is 8.01. The molecule has 0 rings (SSSR count). The van der Waals surface area contributed by atoms with E-state index in [-0.39, 0.29) is 6.54 Å². The molecule has 0 aromatic carbocycles. The van der Waals surface area contributed by atoms with Crippen LogP contribution in [-0.4, -0.2) is 27.9 Å². The van der Waals surface area contributed by atoms with E-state index in [0.717, 1.165) is 6.66 Å². The van der Waals surface area contributed by atoms with Crippen LogP contribution in [0.15, 0.2) is 12.7 Å². The van der Waals surface area contributed by atoms with Crippen LogP contribution in [0.4, 0.5) is 0 Å². The van der Waals surface area contributed by atoms with E-state index < -0.39 is 7.43 Å². The third-order valence-corrected chi connectivity index (χ3v) is 1.53. The standard InChI is InChI=1S/C4H12NO3P/c1-3-4-5-9(2,6,7)8/h3,5-8H,1,4H2,2H3. The van der Waals surface area contributed by atoms with Crippen LogP contribution in [0, 0.1) is 0 Å². The molecular formula is C4H12NO3P. The molecule has 0 heterocycles. The van der Waals surface area contributed by atoms with E-state index in [9.17, 15) is 0 Å². The van der Waals surface area contributed by atoms with Crippen molar-refractivity contribution < 1.29 is 14.7 Å². The second-order valence-corrected chi connectivity index (χ2v) is 5.14. The fourth-order valence-electron chi connectivity index (χ4n) is 0.278. The van der Waals surface area contributed by atoms with E-state index >= 15 is 0 Å². The molecule has 0 saturated heterocycles. The molecule has 0 aromatic rings. The average molecular weight is 153 g/mol. The first kappa shape index (κ1) is 9.01. The Bertz CT molecular complexity index is 107. The van der Waals surface area contributed by atoms with Crippen LogP contribution in [0.25, 0.3) is 0 Å². The number of rotatable bonds is 3. The summed E-state index contributed by atoms with van der Waals surface area (Å²) in [5.74, 6) is 0. The van der Waals surface area contributed by atoms with Crippen LogP contribution in [0.3, 0.4) is 0 Å². The molecule has 0 saturated carbocycles. The summed E-state index contributed by atoms with van der Waals surface area (Å²) in [6.45, 7) is 4.45. The van der Waals surface area contributed by atoms with Crippen molar-refractivity contribution in [2.75, 3.05) is 13.2 Å². The monoisotopic (exact) mass is 153 g/mol. The van der Waals surface area contributed by atoms with Crippen molar-refractivity contribution in [3.05, 3.63) is 12.7 Å². The molecule has 0 aliphatic carbocycles. The molecule has 0 aliphatic heterocycles. The summed E-state index contributed by atoms with van der Waals surface area (Å²) in [4.78, 5) is 26.1. The number of nitrogens with one attached hydrogen (secondary N) is 1. The van der Waals surface area contributed by atoms with E-state index in [1.165, 1.54) is 6.08 Å². The topological polar surface area (TPSA) is 72.7 Å². The van der Waals surface area contributed by atoms with Gasteiger partial charge in [0.15, 0.2) is 0 Å². The molecule has 0 unspecified atom stereocenters. The average Bonchev–Trinajstić information content (AvgIpc) is 1.57. The summed E-state index contributed by atoms with van der Waals surface area (Å²) in [5, 5.41) is 2.13. The Hall–Kier alpha value is 0.0100. The summed E-state index contributed by atoms with van der Waals surface area (Å²) in [7, 11) is -4.45. The van der Waals surface area contributed by atoms with Crippen LogP contribution in [0.1, 0.15) is 0 Å². The van der Waals surface area contributed by atoms with Crippen molar-refractivity contribution >= 4 is 7.43 Å². The van der Waals surface area contributed by atoms with Crippen LogP contribution >= 0.6 is 7.43 Å². The van der Waals surface area contributed by atoms with E-state index in [1.807, 2.05) is 0 Å². The van der Waals surface area contributed by atoms with Gasteiger partial charge in [-0.3, -0.25) is 0 Å². The minimum atomic E-state index is -4.45. The molecule has 0 radical (unpaired) electrons. The molecule has 4 N–H and O–H groups in total. The zero-order valence-electron chi connectivity index (χ0n) is 5.28. The molecule has 0 spiro atoms. The number of hydrogen-bond acceptors (Lipinski definition) is 4. The Labute approximate surface area is 54.1 Å². The van der Waals surface area contributed by atoms with E-state index in [0.29, 0.717) is 0 Å². The molecule has 0 aliphatic rings. The Morgan fingerprint density at radius 1 is 1.56 bits per heavy atom. The maximum atomic E-state index is 8.70. The van der Waals surface area contributed by atoms with Gasteiger partial charge in [0.05, 0.1) is 0 Å². The van der Waals surface area contributed by atoms with Crippen molar-refractivity contribution in [2.45, 2.75) is 0 Å². The van der Waals surface area contributed by atoms with Crippen molar-refractivity contribution in [2.24, 2.45) is 0 Å². The Morgan fingerprint density at radius 2 is 2.00 bits per heavy atom. The van der Waals surface area contributed by atoms with Gasteiger partial charge in [-0.1, -0.05) is 0 Å². The molecule has 0 bridgehead atoms. The quantitative estimate of drug-likeness (QED) is 0.328. The molecule has 0 aromatic heterocycles. The van der Waals surface area contributed by atoms with Gasteiger partial charge in [0.25, 0.3) is 0 Å². The van der Waals surface area contributed by atoms with Crippen molar-refractivity contribution in [3.63, 3.8) is 0 Å². The van der Waals surface area contributed by atoms with E-state index in [2.05, 4.69) is 11.7 Å². The van der Waals surface area contributed by atoms with Gasteiger partial charge in [-0.2, -0.15) is 0 Å². The molecule has 9 heavy (non-hydrogen) atoms. The molecule has 0 fully saturated rings. The van der Waals surface area contributed by atoms with E-state index in [1.54, 1.807) is 0 Å². The van der Waals surface area contributed by atoms with Gasteiger partial charge in [-0.15, -0.1) is 0 Å². The van der Waals surface area contributed by atoms with Crippen LogP contribution in [-0.2, 0) is 0 Å². The normalized spacial score (nSPS) is 16.2. The summed E-state index contributed by atoms with van der Waals surface area (Å²) >= 11 is 0. The number of hydrogen-bond donors (Lipinski definition) is 4. The molecule has 0 amide bonds. The van der Waals surface area contributed by atoms with Gasteiger partial charge >= 0.3 is 53.1 Å². The first-order valence-corrected chi connectivity index (χ1v) is 4.98. The predicted octanol–water partition coefficient (Wildman–Crippen LogP) is -0.418. The van der Waals surface area contributed by atoms with Crippen molar-refractivity contribution in [3.8, 4) is 0 Å². The van der Waals surface area contributed by atoms with Gasteiger partial charge in [0.1, 0.15) is 0 Å². The van der Waals surface area contributed by atoms with Crippen molar-refractivity contribution in [1.29, 1.82) is 0 Å². The summed E-state index contributed by atoms with van der Waals surface area (Å²) in [6.07, 6.45) is 1.42. The van der Waals surface area contributed by atoms with Crippen LogP contribution < -0.4 is 5.09 Å². The Balaban J connectivity index is 3.73. The fourth-order valence-corrected chi connectivity index (χ4v) is 0.835. The van der Waals surface area contributed by atoms with Crippen LogP contribution in [0.5, 0.6) is 0 Å². The van der Waals surface area contributed by atoms with Gasteiger partial charge in [0.2, 0.25) is 0 Å². The van der Waals surface area contributed by atoms with Gasteiger partial charge in [-0.25, -0.2) is 0 Å². The van der Waals surface area contributed by atoms with Crippen LogP contribution in [0.2, 0.25) is 0 Å². The molecule has 0 atom stereocenters. The second kappa shape index (κ2) is 2.33. The SMILES string of the molecule is C=CCNP(C)(O)(O)O. The van der Waals surface area contributed by atoms with E-state index in [4.69, 9.17) is 14.7 Å². The maximum absolute atomic E-state index is 8.70. The fraction of sp³-hybridized carbons (Fsp3) is 0.500. The summed E-state index contributed by atoms with van der Waals surface area (Å²) in [5.41, 5.74) is 0. The molecule has 4 nitrogen and oxygen atoms in total. The third-order valence-electron chi connectivity index (χ3n) is 0.606.